The molecule has 0 amide bonds. The maximum absolute atomic E-state index is 6.09. The fraction of sp³-hybridized carbons (Fsp3) is 0.480. The van der Waals surface area contributed by atoms with Gasteiger partial charge in [-0.05, 0) is 55.4 Å². The van der Waals surface area contributed by atoms with Crippen LogP contribution in [0.15, 0.2) is 59.6 Å². The van der Waals surface area contributed by atoms with E-state index >= 15 is 0 Å². The number of ether oxygens (including phenoxy) is 2. The van der Waals surface area contributed by atoms with Gasteiger partial charge in [0.2, 0.25) is 0 Å². The lowest BCUT2D eigenvalue weighted by molar-refractivity contribution is -0.0390. The predicted molar refractivity (Wildman–Crippen MR) is 137 cm³/mol. The Morgan fingerprint density at radius 2 is 1.71 bits per heavy atom. The first-order valence-corrected chi connectivity index (χ1v) is 11.3. The standard InChI is InChI=1S/C25H33N3O2.HI/c1-3-10-23(11-4-1)27-25(28-14-5-2-6-15-28)26-19-21-8-7-9-22(18-21)20-30-24-12-16-29-17-13-24;/h1,3-4,7-11,18,24H,2,5-6,12-17,19-20H2,(H,26,27);1H. The minimum atomic E-state index is 0. The van der Waals surface area contributed by atoms with E-state index < -0.39 is 0 Å². The van der Waals surface area contributed by atoms with Gasteiger partial charge in [-0.25, -0.2) is 4.99 Å². The van der Waals surface area contributed by atoms with Gasteiger partial charge in [0.05, 0.1) is 19.3 Å². The largest absolute Gasteiger partial charge is 0.381 e. The van der Waals surface area contributed by atoms with Crippen molar-refractivity contribution in [3.8, 4) is 0 Å². The molecule has 0 spiro atoms. The van der Waals surface area contributed by atoms with Gasteiger partial charge in [-0.1, -0.05) is 42.5 Å². The lowest BCUT2D eigenvalue weighted by Gasteiger charge is -2.30. The molecule has 0 aromatic heterocycles. The fourth-order valence-electron chi connectivity index (χ4n) is 4.02. The average molecular weight is 535 g/mol. The summed E-state index contributed by atoms with van der Waals surface area (Å²) in [6.07, 6.45) is 6.08. The molecule has 2 fully saturated rings. The number of nitrogens with zero attached hydrogens (tertiary/aromatic N) is 2. The van der Waals surface area contributed by atoms with E-state index in [1.807, 2.05) is 6.07 Å². The van der Waals surface area contributed by atoms with E-state index in [-0.39, 0.29) is 24.0 Å². The Balaban J connectivity index is 0.00000272. The zero-order valence-electron chi connectivity index (χ0n) is 18.2. The molecule has 1 N–H and O–H groups in total. The first-order valence-electron chi connectivity index (χ1n) is 11.3. The zero-order chi connectivity index (χ0) is 20.4. The van der Waals surface area contributed by atoms with Gasteiger partial charge in [0.15, 0.2) is 5.96 Å². The topological polar surface area (TPSA) is 46.1 Å². The van der Waals surface area contributed by atoms with E-state index in [2.05, 4.69) is 58.7 Å². The first-order chi connectivity index (χ1) is 14.9. The third kappa shape index (κ3) is 7.77. The van der Waals surface area contributed by atoms with E-state index in [9.17, 15) is 0 Å². The highest BCUT2D eigenvalue weighted by Crippen LogP contribution is 2.16. The Morgan fingerprint density at radius 1 is 0.968 bits per heavy atom. The second-order valence-electron chi connectivity index (χ2n) is 8.12. The number of piperidine rings is 1. The molecule has 2 saturated heterocycles. The number of nitrogens with one attached hydrogen (secondary N) is 1. The average Bonchev–Trinajstić information content (AvgIpc) is 2.82. The van der Waals surface area contributed by atoms with Crippen LogP contribution < -0.4 is 5.32 Å². The molecule has 168 valence electrons. The molecule has 0 saturated carbocycles. The van der Waals surface area contributed by atoms with Crippen LogP contribution in [-0.2, 0) is 22.6 Å². The fourth-order valence-corrected chi connectivity index (χ4v) is 4.02. The molecule has 5 nitrogen and oxygen atoms in total. The molecule has 2 heterocycles. The van der Waals surface area contributed by atoms with Crippen LogP contribution in [0.4, 0.5) is 5.69 Å². The molecular weight excluding hydrogens is 501 g/mol. The molecule has 31 heavy (non-hydrogen) atoms. The monoisotopic (exact) mass is 535 g/mol. The minimum Gasteiger partial charge on any atom is -0.381 e. The van der Waals surface area contributed by atoms with Gasteiger partial charge < -0.3 is 19.7 Å². The molecule has 0 aliphatic carbocycles. The van der Waals surface area contributed by atoms with Crippen LogP contribution in [0.25, 0.3) is 0 Å². The van der Waals surface area contributed by atoms with Gasteiger partial charge >= 0.3 is 0 Å². The van der Waals surface area contributed by atoms with Gasteiger partial charge in [0, 0.05) is 32.0 Å². The summed E-state index contributed by atoms with van der Waals surface area (Å²) in [6, 6.07) is 18.9. The van der Waals surface area contributed by atoms with E-state index in [0.717, 1.165) is 50.8 Å². The van der Waals surface area contributed by atoms with Gasteiger partial charge in [-0.2, -0.15) is 0 Å². The summed E-state index contributed by atoms with van der Waals surface area (Å²) in [6.45, 7) is 5.08. The molecule has 0 atom stereocenters. The molecule has 0 unspecified atom stereocenters. The number of hydrogen-bond donors (Lipinski definition) is 1. The second kappa shape index (κ2) is 13.0. The third-order valence-corrected chi connectivity index (χ3v) is 5.74. The minimum absolute atomic E-state index is 0. The van der Waals surface area contributed by atoms with Crippen LogP contribution in [0, 0.1) is 0 Å². The van der Waals surface area contributed by atoms with Crippen molar-refractivity contribution in [3.05, 3.63) is 65.7 Å². The van der Waals surface area contributed by atoms with Crippen molar-refractivity contribution in [2.45, 2.75) is 51.4 Å². The van der Waals surface area contributed by atoms with Crippen molar-refractivity contribution >= 4 is 35.6 Å². The van der Waals surface area contributed by atoms with Crippen LogP contribution >= 0.6 is 24.0 Å². The lowest BCUT2D eigenvalue weighted by Crippen LogP contribution is -2.40. The summed E-state index contributed by atoms with van der Waals surface area (Å²) < 4.78 is 11.5. The van der Waals surface area contributed by atoms with Crippen molar-refractivity contribution in [2.75, 3.05) is 31.6 Å². The summed E-state index contributed by atoms with van der Waals surface area (Å²) in [5, 5.41) is 3.54. The van der Waals surface area contributed by atoms with Crippen molar-refractivity contribution in [2.24, 2.45) is 4.99 Å². The SMILES string of the molecule is I.c1ccc(NC(=NCc2cccc(COC3CCOCC3)c2)N2CCCCC2)cc1. The molecule has 4 rings (SSSR count). The Hall–Kier alpha value is -1.64. The number of halogens is 1. The van der Waals surface area contributed by atoms with Crippen molar-refractivity contribution < 1.29 is 9.47 Å². The highest BCUT2D eigenvalue weighted by Gasteiger charge is 2.16. The lowest BCUT2D eigenvalue weighted by atomic mass is 10.1. The molecular formula is C25H34IN3O2. The Kier molecular flexibility index (Phi) is 10.1. The quantitative estimate of drug-likeness (QED) is 0.304. The normalized spacial score (nSPS) is 17.8. The molecule has 6 heteroatoms. The summed E-state index contributed by atoms with van der Waals surface area (Å²) in [7, 11) is 0. The maximum Gasteiger partial charge on any atom is 0.198 e. The van der Waals surface area contributed by atoms with Crippen molar-refractivity contribution in [1.82, 2.24) is 4.90 Å². The highest BCUT2D eigenvalue weighted by atomic mass is 127. The number of likely N-dealkylation sites (tertiary alicyclic amines) is 1. The van der Waals surface area contributed by atoms with E-state index in [1.165, 1.54) is 30.4 Å². The molecule has 0 bridgehead atoms. The Bertz CT molecular complexity index is 803. The van der Waals surface area contributed by atoms with Crippen LogP contribution in [0.3, 0.4) is 0 Å². The molecule has 2 aliphatic rings. The van der Waals surface area contributed by atoms with Crippen LogP contribution in [-0.4, -0.2) is 43.3 Å². The summed E-state index contributed by atoms with van der Waals surface area (Å²) in [5.74, 6) is 0.977. The van der Waals surface area contributed by atoms with Crippen LogP contribution in [0.5, 0.6) is 0 Å². The summed E-state index contributed by atoms with van der Waals surface area (Å²) in [5.41, 5.74) is 3.51. The molecule has 2 aromatic carbocycles. The number of guanidine groups is 1. The third-order valence-electron chi connectivity index (χ3n) is 5.74. The van der Waals surface area contributed by atoms with Crippen molar-refractivity contribution in [3.63, 3.8) is 0 Å². The van der Waals surface area contributed by atoms with Crippen LogP contribution in [0.2, 0.25) is 0 Å². The van der Waals surface area contributed by atoms with E-state index in [1.54, 1.807) is 0 Å². The van der Waals surface area contributed by atoms with Gasteiger partial charge in [-0.3, -0.25) is 0 Å². The second-order valence-corrected chi connectivity index (χ2v) is 8.12. The zero-order valence-corrected chi connectivity index (χ0v) is 20.5. The summed E-state index contributed by atoms with van der Waals surface area (Å²) in [4.78, 5) is 7.36. The Morgan fingerprint density at radius 3 is 2.48 bits per heavy atom. The van der Waals surface area contributed by atoms with E-state index in [0.29, 0.717) is 19.3 Å². The summed E-state index contributed by atoms with van der Waals surface area (Å²) >= 11 is 0. The number of anilines is 1. The van der Waals surface area contributed by atoms with Gasteiger partial charge in [0.25, 0.3) is 0 Å². The van der Waals surface area contributed by atoms with Crippen LogP contribution in [0.1, 0.15) is 43.2 Å². The van der Waals surface area contributed by atoms with E-state index in [4.69, 9.17) is 14.5 Å². The number of rotatable bonds is 6. The number of para-hydroxylation sites is 1. The van der Waals surface area contributed by atoms with Gasteiger partial charge in [-0.15, -0.1) is 24.0 Å². The molecule has 2 aliphatic heterocycles. The first kappa shape index (κ1) is 24.0. The number of benzene rings is 2. The molecule has 0 radical (unpaired) electrons. The van der Waals surface area contributed by atoms with Gasteiger partial charge in [0.1, 0.15) is 0 Å². The number of aliphatic imine (C=N–C) groups is 1. The smallest absolute Gasteiger partial charge is 0.198 e. The highest BCUT2D eigenvalue weighted by molar-refractivity contribution is 14.0. The maximum atomic E-state index is 6.09. The molecule has 2 aromatic rings. The van der Waals surface area contributed by atoms with Crippen molar-refractivity contribution in [1.29, 1.82) is 0 Å². The predicted octanol–water partition coefficient (Wildman–Crippen LogP) is 5.45. The number of hydrogen-bond acceptors (Lipinski definition) is 3. The Labute approximate surface area is 203 Å².